The van der Waals surface area contributed by atoms with Gasteiger partial charge in [-0.1, -0.05) is 6.07 Å². The largest absolute Gasteiger partial charge is 0.573 e. The Balaban J connectivity index is 1.81. The monoisotopic (exact) mass is 412 g/mol. The number of aliphatic imine (C=N–C) groups is 1. The maximum absolute atomic E-state index is 12.6. The summed E-state index contributed by atoms with van der Waals surface area (Å²) in [6, 6.07) is 3.44. The third kappa shape index (κ3) is 3.41. The summed E-state index contributed by atoms with van der Waals surface area (Å²) in [4.78, 5) is 27.8. The highest BCUT2D eigenvalue weighted by Crippen LogP contribution is 2.48. The van der Waals surface area contributed by atoms with E-state index in [1.54, 1.807) is 11.8 Å². The molecule has 0 amide bonds. The minimum atomic E-state index is -5.03. The first-order valence-electron chi connectivity index (χ1n) is 8.74. The van der Waals surface area contributed by atoms with Crippen LogP contribution in [0.5, 0.6) is 5.75 Å². The number of halogens is 3. The summed E-state index contributed by atoms with van der Waals surface area (Å²) in [7, 11) is 0. The van der Waals surface area contributed by atoms with Gasteiger partial charge in [-0.05, 0) is 36.6 Å². The Morgan fingerprint density at radius 2 is 2.04 bits per heavy atom. The van der Waals surface area contributed by atoms with Crippen molar-refractivity contribution < 1.29 is 27.6 Å². The first-order chi connectivity index (χ1) is 13.2. The first kappa shape index (κ1) is 19.0. The van der Waals surface area contributed by atoms with Gasteiger partial charge < -0.3 is 4.74 Å². The molecular weight excluding hydrogens is 397 g/mol. The van der Waals surface area contributed by atoms with E-state index < -0.39 is 28.6 Å². The fourth-order valence-electron chi connectivity index (χ4n) is 4.00. The number of fused-ring (bicyclic) bond motifs is 1. The lowest BCUT2D eigenvalue weighted by atomic mass is 9.77. The van der Waals surface area contributed by atoms with Crippen LogP contribution >= 0.6 is 11.8 Å². The number of hydrogen-bond acceptors (Lipinski definition) is 6. The molecule has 0 radical (unpaired) electrons. The van der Waals surface area contributed by atoms with Gasteiger partial charge in [-0.25, -0.2) is 0 Å². The SMILES string of the molecule is O=C1CCCC2=C1C(c1ccc(OC(F)(F)F)c([N+](=O)[O-])c1)C1SCCC1=N2. The zero-order valence-electron chi connectivity index (χ0n) is 14.5. The number of nitrogens with zero attached hydrogens (tertiary/aromatic N) is 2. The van der Waals surface area contributed by atoms with Gasteiger partial charge in [0.25, 0.3) is 0 Å². The maximum atomic E-state index is 12.6. The van der Waals surface area contributed by atoms with Gasteiger partial charge in [0.05, 0.1) is 10.2 Å². The zero-order valence-corrected chi connectivity index (χ0v) is 15.3. The van der Waals surface area contributed by atoms with E-state index in [1.165, 1.54) is 6.07 Å². The predicted octanol–water partition coefficient (Wildman–Crippen LogP) is 4.54. The second-order valence-corrected chi connectivity index (χ2v) is 8.04. The summed E-state index contributed by atoms with van der Waals surface area (Å²) in [5.41, 5.74) is 1.88. The average Bonchev–Trinajstić information content (AvgIpc) is 3.07. The molecule has 2 unspecified atom stereocenters. The van der Waals surface area contributed by atoms with Crippen molar-refractivity contribution in [2.75, 3.05) is 5.75 Å². The van der Waals surface area contributed by atoms with E-state index in [1.807, 2.05) is 0 Å². The summed E-state index contributed by atoms with van der Waals surface area (Å²) in [5, 5.41) is 11.2. The van der Waals surface area contributed by atoms with E-state index in [0.29, 0.717) is 36.1 Å². The summed E-state index contributed by atoms with van der Waals surface area (Å²) >= 11 is 1.62. The van der Waals surface area contributed by atoms with Gasteiger partial charge in [0.1, 0.15) is 0 Å². The number of carbonyl (C=O) groups excluding carboxylic acids is 1. The number of alkyl halides is 3. The molecule has 0 bridgehead atoms. The molecule has 2 atom stereocenters. The molecule has 1 aromatic carbocycles. The second kappa shape index (κ2) is 6.91. The van der Waals surface area contributed by atoms with Gasteiger partial charge in [-0.15, -0.1) is 13.2 Å². The number of carbonyl (C=O) groups is 1. The lowest BCUT2D eigenvalue weighted by molar-refractivity contribution is -0.388. The number of thioether (sulfide) groups is 1. The lowest BCUT2D eigenvalue weighted by Gasteiger charge is -2.33. The number of allylic oxidation sites excluding steroid dienone is 2. The molecule has 0 aromatic heterocycles. The molecule has 2 aliphatic heterocycles. The molecule has 4 rings (SSSR count). The third-order valence-corrected chi connectivity index (χ3v) is 6.41. The highest BCUT2D eigenvalue weighted by Gasteiger charge is 2.43. The number of hydrogen-bond donors (Lipinski definition) is 0. The number of rotatable bonds is 3. The number of benzene rings is 1. The smallest absolute Gasteiger partial charge is 0.398 e. The molecule has 1 saturated heterocycles. The lowest BCUT2D eigenvalue weighted by Crippen LogP contribution is -2.32. The molecule has 2 heterocycles. The average molecular weight is 412 g/mol. The molecule has 0 saturated carbocycles. The first-order valence-corrected chi connectivity index (χ1v) is 9.79. The molecule has 1 aromatic rings. The number of ketones is 1. The molecule has 6 nitrogen and oxygen atoms in total. The summed E-state index contributed by atoms with van der Waals surface area (Å²) < 4.78 is 41.5. The second-order valence-electron chi connectivity index (χ2n) is 6.79. The Bertz CT molecular complexity index is 926. The molecule has 1 fully saturated rings. The quantitative estimate of drug-likeness (QED) is 0.538. The van der Waals surface area contributed by atoms with E-state index in [2.05, 4.69) is 9.73 Å². The fraction of sp³-hybridized carbons (Fsp3) is 0.444. The molecule has 28 heavy (non-hydrogen) atoms. The normalized spacial score (nSPS) is 24.5. The van der Waals surface area contributed by atoms with Crippen molar-refractivity contribution in [2.45, 2.75) is 43.2 Å². The van der Waals surface area contributed by atoms with Crippen LogP contribution in [0.1, 0.15) is 37.2 Å². The maximum Gasteiger partial charge on any atom is 0.573 e. The van der Waals surface area contributed by atoms with Crippen LogP contribution in [0.15, 0.2) is 34.5 Å². The summed E-state index contributed by atoms with van der Waals surface area (Å²) in [6.45, 7) is 0. The van der Waals surface area contributed by atoms with E-state index in [-0.39, 0.29) is 11.0 Å². The van der Waals surface area contributed by atoms with Crippen LogP contribution in [-0.4, -0.2) is 33.8 Å². The van der Waals surface area contributed by atoms with E-state index >= 15 is 0 Å². The van der Waals surface area contributed by atoms with E-state index in [4.69, 9.17) is 0 Å². The summed E-state index contributed by atoms with van der Waals surface area (Å²) in [6.07, 6.45) is -2.51. The molecule has 3 aliphatic rings. The Hall–Kier alpha value is -2.36. The molecule has 10 heteroatoms. The highest BCUT2D eigenvalue weighted by molar-refractivity contribution is 8.01. The standard InChI is InChI=1S/C18H15F3N2O4S/c19-18(20,21)27-14-5-4-9(8-12(14)23(25)26)15-16-10(2-1-3-13(16)24)22-11-6-7-28-17(11)15/h4-5,8,15,17H,1-3,6-7H2. The minimum absolute atomic E-state index is 0.0418. The van der Waals surface area contributed by atoms with Crippen LogP contribution in [0.2, 0.25) is 0 Å². The van der Waals surface area contributed by atoms with Crippen LogP contribution in [0.25, 0.3) is 0 Å². The fourth-order valence-corrected chi connectivity index (χ4v) is 5.43. The number of Topliss-reactive ketones (excluding diaryl/α,β-unsaturated/α-hetero) is 1. The number of nitro benzene ring substituents is 1. The molecule has 1 aliphatic carbocycles. The number of nitro groups is 1. The minimum Gasteiger partial charge on any atom is -0.398 e. The molecule has 0 N–H and O–H groups in total. The van der Waals surface area contributed by atoms with E-state index in [0.717, 1.165) is 30.0 Å². The summed E-state index contributed by atoms with van der Waals surface area (Å²) in [5.74, 6) is -0.526. The Labute approximate surface area is 162 Å². The van der Waals surface area contributed by atoms with Gasteiger partial charge in [0.2, 0.25) is 5.75 Å². The Kier molecular flexibility index (Phi) is 4.68. The number of ether oxygens (including phenoxy) is 1. The Morgan fingerprint density at radius 1 is 1.25 bits per heavy atom. The van der Waals surface area contributed by atoms with Crippen molar-refractivity contribution in [2.24, 2.45) is 4.99 Å². The van der Waals surface area contributed by atoms with Crippen molar-refractivity contribution in [1.29, 1.82) is 0 Å². The van der Waals surface area contributed by atoms with Crippen molar-refractivity contribution in [1.82, 2.24) is 0 Å². The van der Waals surface area contributed by atoms with Gasteiger partial charge in [0, 0.05) is 35.4 Å². The van der Waals surface area contributed by atoms with Crippen LogP contribution in [0.3, 0.4) is 0 Å². The van der Waals surface area contributed by atoms with Crippen molar-refractivity contribution in [3.8, 4) is 5.75 Å². The van der Waals surface area contributed by atoms with Crippen molar-refractivity contribution in [3.63, 3.8) is 0 Å². The zero-order chi connectivity index (χ0) is 20.1. The predicted molar refractivity (Wildman–Crippen MR) is 96.7 cm³/mol. The highest BCUT2D eigenvalue weighted by atomic mass is 32.2. The van der Waals surface area contributed by atoms with Gasteiger partial charge in [0.15, 0.2) is 5.78 Å². The molecule has 0 spiro atoms. The molecule has 148 valence electrons. The van der Waals surface area contributed by atoms with Crippen molar-refractivity contribution in [3.05, 3.63) is 45.1 Å². The van der Waals surface area contributed by atoms with Crippen LogP contribution in [-0.2, 0) is 4.79 Å². The third-order valence-electron chi connectivity index (χ3n) is 5.07. The van der Waals surface area contributed by atoms with Crippen LogP contribution < -0.4 is 4.74 Å². The Morgan fingerprint density at radius 3 is 2.75 bits per heavy atom. The van der Waals surface area contributed by atoms with Gasteiger partial charge in [-0.2, -0.15) is 11.8 Å². The van der Waals surface area contributed by atoms with Gasteiger partial charge >= 0.3 is 12.0 Å². The topological polar surface area (TPSA) is 81.8 Å². The van der Waals surface area contributed by atoms with E-state index in [9.17, 15) is 28.1 Å². The van der Waals surface area contributed by atoms with Crippen LogP contribution in [0.4, 0.5) is 18.9 Å². The molecular formula is C18H15F3N2O4S. The van der Waals surface area contributed by atoms with Gasteiger partial charge in [-0.3, -0.25) is 19.9 Å². The van der Waals surface area contributed by atoms with Crippen molar-refractivity contribution >= 4 is 28.9 Å². The van der Waals surface area contributed by atoms with Crippen LogP contribution in [0, 0.1) is 10.1 Å².